The van der Waals surface area contributed by atoms with Gasteiger partial charge in [0.1, 0.15) is 5.75 Å². The highest BCUT2D eigenvalue weighted by molar-refractivity contribution is 5.33. The van der Waals surface area contributed by atoms with Crippen molar-refractivity contribution in [1.29, 1.82) is 0 Å². The lowest BCUT2D eigenvalue weighted by Crippen LogP contribution is -2.49. The first-order valence-corrected chi connectivity index (χ1v) is 7.25. The Balaban J connectivity index is 2.05. The van der Waals surface area contributed by atoms with Gasteiger partial charge in [0.25, 0.3) is 0 Å². The molecule has 0 spiro atoms. The number of benzene rings is 1. The normalized spacial score (nSPS) is 23.6. The van der Waals surface area contributed by atoms with Crippen LogP contribution >= 0.6 is 0 Å². The minimum Gasteiger partial charge on any atom is -0.496 e. The van der Waals surface area contributed by atoms with Crippen molar-refractivity contribution < 1.29 is 4.74 Å². The molecular formula is C16H26N2O. The van der Waals surface area contributed by atoms with Crippen LogP contribution in [0.3, 0.4) is 0 Å². The van der Waals surface area contributed by atoms with Crippen molar-refractivity contribution in [1.82, 2.24) is 10.2 Å². The Labute approximate surface area is 116 Å². The maximum atomic E-state index is 5.44. The summed E-state index contributed by atoms with van der Waals surface area (Å²) in [6, 6.07) is 9.56. The zero-order valence-electron chi connectivity index (χ0n) is 12.4. The first kappa shape index (κ1) is 14.4. The summed E-state index contributed by atoms with van der Waals surface area (Å²) in [6.45, 7) is 0.951. The fourth-order valence-corrected chi connectivity index (χ4v) is 3.20. The number of para-hydroxylation sites is 1. The van der Waals surface area contributed by atoms with E-state index in [-0.39, 0.29) is 0 Å². The molecule has 1 N–H and O–H groups in total. The molecule has 1 saturated carbocycles. The summed E-state index contributed by atoms with van der Waals surface area (Å²) in [7, 11) is 6.06. The Kier molecular flexibility index (Phi) is 5.23. The predicted octanol–water partition coefficient (Wildman–Crippen LogP) is 2.66. The second-order valence-electron chi connectivity index (χ2n) is 5.47. The zero-order valence-corrected chi connectivity index (χ0v) is 12.4. The van der Waals surface area contributed by atoms with Crippen LogP contribution in [-0.4, -0.2) is 38.2 Å². The highest BCUT2D eigenvalue weighted by Gasteiger charge is 2.27. The molecule has 0 heterocycles. The number of hydrogen-bond donors (Lipinski definition) is 1. The number of rotatable bonds is 5. The predicted molar refractivity (Wildman–Crippen MR) is 79.6 cm³/mol. The van der Waals surface area contributed by atoms with E-state index in [0.29, 0.717) is 12.1 Å². The Bertz CT molecular complexity index is 394. The Morgan fingerprint density at radius 3 is 2.74 bits per heavy atom. The molecule has 0 aliphatic heterocycles. The second-order valence-corrected chi connectivity index (χ2v) is 5.47. The van der Waals surface area contributed by atoms with Crippen LogP contribution < -0.4 is 10.1 Å². The average molecular weight is 262 g/mol. The molecule has 2 rings (SSSR count). The SMILES string of the molecule is CNC1CCCCC1N(C)Cc1ccccc1OC. The topological polar surface area (TPSA) is 24.5 Å². The fraction of sp³-hybridized carbons (Fsp3) is 0.625. The fourth-order valence-electron chi connectivity index (χ4n) is 3.20. The molecule has 1 fully saturated rings. The van der Waals surface area contributed by atoms with Gasteiger partial charge in [-0.05, 0) is 33.0 Å². The van der Waals surface area contributed by atoms with Crippen molar-refractivity contribution in [2.75, 3.05) is 21.2 Å². The molecule has 3 heteroatoms. The van der Waals surface area contributed by atoms with Gasteiger partial charge in [0.05, 0.1) is 7.11 Å². The number of likely N-dealkylation sites (N-methyl/N-ethyl adjacent to an activating group) is 2. The molecule has 3 nitrogen and oxygen atoms in total. The monoisotopic (exact) mass is 262 g/mol. The van der Waals surface area contributed by atoms with Crippen LogP contribution in [0.5, 0.6) is 5.75 Å². The minimum atomic E-state index is 0.619. The van der Waals surface area contributed by atoms with Crippen molar-refractivity contribution in [3.8, 4) is 5.75 Å². The first-order chi connectivity index (χ1) is 9.26. The highest BCUT2D eigenvalue weighted by Crippen LogP contribution is 2.25. The number of nitrogens with one attached hydrogen (secondary N) is 1. The molecule has 1 aliphatic rings. The van der Waals surface area contributed by atoms with E-state index >= 15 is 0 Å². The second kappa shape index (κ2) is 6.92. The van der Waals surface area contributed by atoms with E-state index in [4.69, 9.17) is 4.74 Å². The molecule has 19 heavy (non-hydrogen) atoms. The van der Waals surface area contributed by atoms with Gasteiger partial charge in [-0.15, -0.1) is 0 Å². The summed E-state index contributed by atoms with van der Waals surface area (Å²) in [4.78, 5) is 2.47. The van der Waals surface area contributed by atoms with E-state index in [9.17, 15) is 0 Å². The number of nitrogens with zero attached hydrogens (tertiary/aromatic N) is 1. The van der Waals surface area contributed by atoms with Crippen LogP contribution in [0, 0.1) is 0 Å². The van der Waals surface area contributed by atoms with E-state index in [0.717, 1.165) is 12.3 Å². The summed E-state index contributed by atoms with van der Waals surface area (Å²) in [6.07, 6.45) is 5.28. The highest BCUT2D eigenvalue weighted by atomic mass is 16.5. The molecule has 106 valence electrons. The van der Waals surface area contributed by atoms with E-state index < -0.39 is 0 Å². The molecule has 0 radical (unpaired) electrons. The third kappa shape index (κ3) is 3.48. The van der Waals surface area contributed by atoms with Gasteiger partial charge in [0, 0.05) is 24.2 Å². The third-order valence-corrected chi connectivity index (χ3v) is 4.28. The van der Waals surface area contributed by atoms with Gasteiger partial charge in [-0.25, -0.2) is 0 Å². The van der Waals surface area contributed by atoms with Crippen LogP contribution in [0.1, 0.15) is 31.2 Å². The smallest absolute Gasteiger partial charge is 0.123 e. The molecule has 0 bridgehead atoms. The standard InChI is InChI=1S/C16H26N2O/c1-17-14-9-5-6-10-15(14)18(2)12-13-8-4-7-11-16(13)19-3/h4,7-8,11,14-15,17H,5-6,9-10,12H2,1-3H3. The van der Waals surface area contributed by atoms with Gasteiger partial charge in [-0.3, -0.25) is 4.90 Å². The third-order valence-electron chi connectivity index (χ3n) is 4.28. The van der Waals surface area contributed by atoms with Crippen molar-refractivity contribution >= 4 is 0 Å². The van der Waals surface area contributed by atoms with Crippen molar-refractivity contribution in [2.45, 2.75) is 44.3 Å². The summed E-state index contributed by atoms with van der Waals surface area (Å²) in [5, 5.41) is 3.48. The lowest BCUT2D eigenvalue weighted by Gasteiger charge is -2.38. The van der Waals surface area contributed by atoms with Gasteiger partial charge in [-0.2, -0.15) is 0 Å². The van der Waals surface area contributed by atoms with Crippen LogP contribution in [0.25, 0.3) is 0 Å². The van der Waals surface area contributed by atoms with Gasteiger partial charge in [0.2, 0.25) is 0 Å². The maximum absolute atomic E-state index is 5.44. The van der Waals surface area contributed by atoms with Gasteiger partial charge >= 0.3 is 0 Å². The largest absolute Gasteiger partial charge is 0.496 e. The van der Waals surface area contributed by atoms with E-state index in [2.05, 4.69) is 36.4 Å². The van der Waals surface area contributed by atoms with Crippen LogP contribution in [0.2, 0.25) is 0 Å². The molecule has 0 aromatic heterocycles. The summed E-state index contributed by atoms with van der Waals surface area (Å²) in [5.41, 5.74) is 1.27. The molecule has 2 unspecified atom stereocenters. The Hall–Kier alpha value is -1.06. The lowest BCUT2D eigenvalue weighted by molar-refractivity contribution is 0.146. The van der Waals surface area contributed by atoms with Crippen LogP contribution in [0.15, 0.2) is 24.3 Å². The van der Waals surface area contributed by atoms with Crippen molar-refractivity contribution in [3.05, 3.63) is 29.8 Å². The van der Waals surface area contributed by atoms with Crippen molar-refractivity contribution in [3.63, 3.8) is 0 Å². The molecule has 2 atom stereocenters. The quantitative estimate of drug-likeness (QED) is 0.883. The molecule has 0 amide bonds. The Morgan fingerprint density at radius 2 is 2.00 bits per heavy atom. The minimum absolute atomic E-state index is 0.619. The Morgan fingerprint density at radius 1 is 1.26 bits per heavy atom. The van der Waals surface area contributed by atoms with E-state index in [1.54, 1.807) is 7.11 Å². The molecule has 1 aromatic rings. The van der Waals surface area contributed by atoms with E-state index in [1.807, 2.05) is 12.1 Å². The maximum Gasteiger partial charge on any atom is 0.123 e. The van der Waals surface area contributed by atoms with Crippen LogP contribution in [0.4, 0.5) is 0 Å². The average Bonchev–Trinajstić information content (AvgIpc) is 2.47. The van der Waals surface area contributed by atoms with Crippen LogP contribution in [-0.2, 0) is 6.54 Å². The summed E-state index contributed by atoms with van der Waals surface area (Å²) >= 11 is 0. The number of methoxy groups -OCH3 is 1. The first-order valence-electron chi connectivity index (χ1n) is 7.25. The van der Waals surface area contributed by atoms with Gasteiger partial charge in [0.15, 0.2) is 0 Å². The molecule has 1 aromatic carbocycles. The summed E-state index contributed by atoms with van der Waals surface area (Å²) in [5.74, 6) is 0.992. The van der Waals surface area contributed by atoms with Crippen molar-refractivity contribution in [2.24, 2.45) is 0 Å². The molecule has 0 saturated heterocycles. The number of hydrogen-bond acceptors (Lipinski definition) is 3. The van der Waals surface area contributed by atoms with Gasteiger partial charge < -0.3 is 10.1 Å². The molecule has 1 aliphatic carbocycles. The molecular weight excluding hydrogens is 236 g/mol. The van der Waals surface area contributed by atoms with E-state index in [1.165, 1.54) is 31.2 Å². The van der Waals surface area contributed by atoms with Gasteiger partial charge in [-0.1, -0.05) is 31.0 Å². The lowest BCUT2D eigenvalue weighted by atomic mass is 9.89. The summed E-state index contributed by atoms with van der Waals surface area (Å²) < 4.78 is 5.44. The zero-order chi connectivity index (χ0) is 13.7. The number of ether oxygens (including phenoxy) is 1.